The van der Waals surface area contributed by atoms with Gasteiger partial charge in [-0.05, 0) is 36.8 Å². The van der Waals surface area contributed by atoms with Crippen molar-refractivity contribution in [3.63, 3.8) is 0 Å². The number of ether oxygens (including phenoxy) is 1. The van der Waals surface area contributed by atoms with E-state index in [-0.39, 0.29) is 12.5 Å². The van der Waals surface area contributed by atoms with E-state index in [9.17, 15) is 4.79 Å². The molecule has 1 N–H and O–H groups in total. The van der Waals surface area contributed by atoms with Crippen LogP contribution >= 0.6 is 0 Å². The largest absolute Gasteiger partial charge is 0.484 e. The lowest BCUT2D eigenvalue weighted by Crippen LogP contribution is -2.28. The van der Waals surface area contributed by atoms with E-state index in [0.717, 1.165) is 22.3 Å². The molecule has 0 aliphatic carbocycles. The maximum atomic E-state index is 12.1. The quantitative estimate of drug-likeness (QED) is 0.498. The second-order valence-corrected chi connectivity index (χ2v) is 6.87. The van der Waals surface area contributed by atoms with Gasteiger partial charge in [0.1, 0.15) is 5.75 Å². The molecule has 6 heteroatoms. The van der Waals surface area contributed by atoms with Gasteiger partial charge >= 0.3 is 0 Å². The molecular formula is C24H21N3O3. The Morgan fingerprint density at radius 2 is 1.77 bits per heavy atom. The summed E-state index contributed by atoms with van der Waals surface area (Å²) in [5, 5.41) is 6.90. The Balaban J connectivity index is 1.37. The summed E-state index contributed by atoms with van der Waals surface area (Å²) in [7, 11) is 0. The molecule has 30 heavy (non-hydrogen) atoms. The number of hydrogen-bond acceptors (Lipinski definition) is 5. The first-order valence-electron chi connectivity index (χ1n) is 9.62. The van der Waals surface area contributed by atoms with Gasteiger partial charge in [-0.3, -0.25) is 4.79 Å². The molecule has 0 saturated heterocycles. The molecule has 0 atom stereocenters. The summed E-state index contributed by atoms with van der Waals surface area (Å²) in [4.78, 5) is 16.5. The molecule has 0 bridgehead atoms. The number of carbonyl (C=O) groups excluding carboxylic acids is 1. The molecule has 4 rings (SSSR count). The molecule has 0 aliphatic rings. The van der Waals surface area contributed by atoms with Crippen LogP contribution in [0.4, 0.5) is 0 Å². The number of nitrogens with zero attached hydrogens (tertiary/aromatic N) is 2. The molecule has 1 heterocycles. The summed E-state index contributed by atoms with van der Waals surface area (Å²) in [6, 6.07) is 24.9. The average molecular weight is 399 g/mol. The van der Waals surface area contributed by atoms with E-state index >= 15 is 0 Å². The number of benzene rings is 3. The number of nitrogens with one attached hydrogen (secondary N) is 1. The number of amides is 1. The maximum absolute atomic E-state index is 12.1. The van der Waals surface area contributed by atoms with Crippen molar-refractivity contribution in [2.24, 2.45) is 0 Å². The fourth-order valence-electron chi connectivity index (χ4n) is 2.88. The summed E-state index contributed by atoms with van der Waals surface area (Å²) in [6.07, 6.45) is 0. The van der Waals surface area contributed by atoms with Crippen molar-refractivity contribution in [3.8, 4) is 28.6 Å². The van der Waals surface area contributed by atoms with E-state index < -0.39 is 0 Å². The van der Waals surface area contributed by atoms with Gasteiger partial charge < -0.3 is 14.6 Å². The van der Waals surface area contributed by atoms with Crippen LogP contribution in [-0.4, -0.2) is 22.7 Å². The first kappa shape index (κ1) is 19.4. The van der Waals surface area contributed by atoms with Crippen molar-refractivity contribution in [3.05, 3.63) is 90.0 Å². The van der Waals surface area contributed by atoms with Gasteiger partial charge in [-0.2, -0.15) is 4.98 Å². The molecule has 1 amide bonds. The van der Waals surface area contributed by atoms with E-state index in [1.165, 1.54) is 0 Å². The summed E-state index contributed by atoms with van der Waals surface area (Å²) < 4.78 is 11.0. The van der Waals surface area contributed by atoms with E-state index in [1.54, 1.807) is 12.1 Å². The van der Waals surface area contributed by atoms with E-state index in [4.69, 9.17) is 9.26 Å². The van der Waals surface area contributed by atoms with Gasteiger partial charge in [-0.15, -0.1) is 0 Å². The predicted octanol–water partition coefficient (Wildman–Crippen LogP) is 4.41. The lowest BCUT2D eigenvalue weighted by Gasteiger charge is -2.08. The molecule has 0 saturated carbocycles. The Bertz CT molecular complexity index is 1120. The van der Waals surface area contributed by atoms with E-state index in [2.05, 4.69) is 15.5 Å². The molecular weight excluding hydrogens is 378 g/mol. The fraction of sp³-hybridized carbons (Fsp3) is 0.125. The zero-order valence-corrected chi connectivity index (χ0v) is 16.5. The highest BCUT2D eigenvalue weighted by atomic mass is 16.5. The van der Waals surface area contributed by atoms with E-state index in [1.807, 2.05) is 73.7 Å². The fourth-order valence-corrected chi connectivity index (χ4v) is 2.88. The van der Waals surface area contributed by atoms with Crippen LogP contribution < -0.4 is 10.1 Å². The summed E-state index contributed by atoms with van der Waals surface area (Å²) in [5.41, 5.74) is 3.81. The second-order valence-electron chi connectivity index (χ2n) is 6.87. The monoisotopic (exact) mass is 399 g/mol. The van der Waals surface area contributed by atoms with Gasteiger partial charge in [0.15, 0.2) is 6.61 Å². The molecule has 0 fully saturated rings. The third kappa shape index (κ3) is 4.91. The first-order chi connectivity index (χ1) is 14.7. The van der Waals surface area contributed by atoms with Crippen LogP contribution in [0.5, 0.6) is 5.75 Å². The Morgan fingerprint density at radius 1 is 0.967 bits per heavy atom. The maximum Gasteiger partial charge on any atom is 0.258 e. The van der Waals surface area contributed by atoms with Crippen LogP contribution in [0.25, 0.3) is 22.8 Å². The van der Waals surface area contributed by atoms with Gasteiger partial charge in [0.2, 0.25) is 5.82 Å². The standard InChI is InChI=1S/C24H21N3O3/c1-17-10-12-19(13-11-17)24-26-23(27-30-24)20-8-5-9-21(14-20)29-16-22(28)25-15-18-6-3-2-4-7-18/h2-14H,15-16H2,1H3,(H,25,28). The molecule has 3 aromatic carbocycles. The third-order valence-corrected chi connectivity index (χ3v) is 4.52. The minimum absolute atomic E-state index is 0.0723. The molecule has 0 unspecified atom stereocenters. The van der Waals surface area contributed by atoms with E-state index in [0.29, 0.717) is 24.0 Å². The molecule has 0 aliphatic heterocycles. The van der Waals surface area contributed by atoms with Gasteiger partial charge in [0.25, 0.3) is 11.8 Å². The van der Waals surface area contributed by atoms with Gasteiger partial charge in [-0.1, -0.05) is 65.3 Å². The van der Waals surface area contributed by atoms with Crippen LogP contribution in [0.1, 0.15) is 11.1 Å². The smallest absolute Gasteiger partial charge is 0.258 e. The number of aromatic nitrogens is 2. The Labute approximate surface area is 174 Å². The number of rotatable bonds is 7. The van der Waals surface area contributed by atoms with Crippen LogP contribution in [0, 0.1) is 6.92 Å². The van der Waals surface area contributed by atoms with Crippen LogP contribution in [0.15, 0.2) is 83.4 Å². The minimum Gasteiger partial charge on any atom is -0.484 e. The number of carbonyl (C=O) groups is 1. The van der Waals surface area contributed by atoms with Crippen LogP contribution in [0.3, 0.4) is 0 Å². The highest BCUT2D eigenvalue weighted by molar-refractivity contribution is 5.77. The number of aryl methyl sites for hydroxylation is 1. The molecule has 0 radical (unpaired) electrons. The highest BCUT2D eigenvalue weighted by Gasteiger charge is 2.11. The second kappa shape index (κ2) is 9.05. The van der Waals surface area contributed by atoms with Crippen molar-refractivity contribution in [2.75, 3.05) is 6.61 Å². The average Bonchev–Trinajstić information content (AvgIpc) is 3.28. The van der Waals surface area contributed by atoms with Crippen molar-refractivity contribution < 1.29 is 14.1 Å². The number of hydrogen-bond donors (Lipinski definition) is 1. The van der Waals surface area contributed by atoms with Gasteiger partial charge in [-0.25, -0.2) is 0 Å². The highest BCUT2D eigenvalue weighted by Crippen LogP contribution is 2.25. The normalized spacial score (nSPS) is 10.6. The minimum atomic E-state index is -0.189. The lowest BCUT2D eigenvalue weighted by atomic mass is 10.1. The van der Waals surface area contributed by atoms with Crippen LogP contribution in [-0.2, 0) is 11.3 Å². The summed E-state index contributed by atoms with van der Waals surface area (Å²) in [6.45, 7) is 2.42. The van der Waals surface area contributed by atoms with Crippen molar-refractivity contribution >= 4 is 5.91 Å². The summed E-state index contributed by atoms with van der Waals surface area (Å²) >= 11 is 0. The topological polar surface area (TPSA) is 77.2 Å². The van der Waals surface area contributed by atoms with Gasteiger partial charge in [0.05, 0.1) is 0 Å². The summed E-state index contributed by atoms with van der Waals surface area (Å²) in [5.74, 6) is 1.29. The molecule has 1 aromatic heterocycles. The Hall–Kier alpha value is -3.93. The van der Waals surface area contributed by atoms with Crippen LogP contribution in [0.2, 0.25) is 0 Å². The van der Waals surface area contributed by atoms with Crippen molar-refractivity contribution in [1.29, 1.82) is 0 Å². The third-order valence-electron chi connectivity index (χ3n) is 4.52. The Kier molecular flexibility index (Phi) is 5.85. The SMILES string of the molecule is Cc1ccc(-c2nc(-c3cccc(OCC(=O)NCc4ccccc4)c3)no2)cc1. The molecule has 150 valence electrons. The van der Waals surface area contributed by atoms with Crippen molar-refractivity contribution in [1.82, 2.24) is 15.5 Å². The molecule has 0 spiro atoms. The molecule has 6 nitrogen and oxygen atoms in total. The van der Waals surface area contributed by atoms with Gasteiger partial charge in [0, 0.05) is 17.7 Å². The Morgan fingerprint density at radius 3 is 2.57 bits per heavy atom. The zero-order chi connectivity index (χ0) is 20.8. The van der Waals surface area contributed by atoms with Crippen molar-refractivity contribution in [2.45, 2.75) is 13.5 Å². The lowest BCUT2D eigenvalue weighted by molar-refractivity contribution is -0.123. The zero-order valence-electron chi connectivity index (χ0n) is 16.5. The first-order valence-corrected chi connectivity index (χ1v) is 9.62. The molecule has 4 aromatic rings. The predicted molar refractivity (Wildman–Crippen MR) is 114 cm³/mol.